The average Bonchev–Trinajstić information content (AvgIpc) is 3.05. The highest BCUT2D eigenvalue weighted by Gasteiger charge is 2.37. The van der Waals surface area contributed by atoms with Crippen molar-refractivity contribution in [2.45, 2.75) is 37.6 Å². The first kappa shape index (κ1) is 16.9. The number of hydrogen-bond donors (Lipinski definition) is 0. The summed E-state index contributed by atoms with van der Waals surface area (Å²) in [6.07, 6.45) is 5.11. The largest absolute Gasteiger partial charge is 0.497 e. The maximum Gasteiger partial charge on any atom is 0.244 e. The van der Waals surface area contributed by atoms with Gasteiger partial charge in [-0.05, 0) is 67.6 Å². The molecule has 0 radical (unpaired) electrons. The number of hydrogen-bond acceptors (Lipinski definition) is 4. The SMILES string of the molecule is COc1cc(C)c(S(=O)(=O)N2CCCC2c2ccncc2)c(C)c1. The van der Waals surface area contributed by atoms with Crippen molar-refractivity contribution in [2.75, 3.05) is 13.7 Å². The lowest BCUT2D eigenvalue weighted by Crippen LogP contribution is -2.31. The fraction of sp³-hybridized carbons (Fsp3) is 0.389. The van der Waals surface area contributed by atoms with Gasteiger partial charge < -0.3 is 4.74 Å². The molecule has 2 heterocycles. The molecular weight excluding hydrogens is 324 g/mol. The van der Waals surface area contributed by atoms with Gasteiger partial charge >= 0.3 is 0 Å². The Labute approximate surface area is 143 Å². The van der Waals surface area contributed by atoms with Gasteiger partial charge in [-0.2, -0.15) is 4.31 Å². The minimum Gasteiger partial charge on any atom is -0.497 e. The molecular formula is C18H22N2O3S. The van der Waals surface area contributed by atoms with Gasteiger partial charge in [-0.25, -0.2) is 8.42 Å². The molecule has 0 aliphatic carbocycles. The molecule has 0 spiro atoms. The third-order valence-electron chi connectivity index (χ3n) is 4.53. The molecule has 0 bridgehead atoms. The van der Waals surface area contributed by atoms with Gasteiger partial charge in [-0.3, -0.25) is 4.98 Å². The van der Waals surface area contributed by atoms with Crippen molar-refractivity contribution in [1.29, 1.82) is 0 Å². The normalized spacial score (nSPS) is 18.7. The summed E-state index contributed by atoms with van der Waals surface area (Å²) in [6.45, 7) is 4.18. The molecule has 2 aromatic rings. The van der Waals surface area contributed by atoms with Gasteiger partial charge in [0.05, 0.1) is 18.0 Å². The quantitative estimate of drug-likeness (QED) is 0.853. The van der Waals surface area contributed by atoms with E-state index in [1.807, 2.05) is 26.0 Å². The number of aromatic nitrogens is 1. The molecule has 1 aliphatic heterocycles. The van der Waals surface area contributed by atoms with Gasteiger partial charge in [-0.1, -0.05) is 0 Å². The van der Waals surface area contributed by atoms with Crippen molar-refractivity contribution >= 4 is 10.0 Å². The number of nitrogens with zero attached hydrogens (tertiary/aromatic N) is 2. The average molecular weight is 346 g/mol. The highest BCUT2D eigenvalue weighted by atomic mass is 32.2. The minimum absolute atomic E-state index is 0.126. The first-order valence-corrected chi connectivity index (χ1v) is 9.46. The van der Waals surface area contributed by atoms with E-state index in [0.717, 1.165) is 18.4 Å². The van der Waals surface area contributed by atoms with Crippen LogP contribution in [0.15, 0.2) is 41.6 Å². The number of pyridine rings is 1. The van der Waals surface area contributed by atoms with E-state index in [9.17, 15) is 8.42 Å². The predicted molar refractivity (Wildman–Crippen MR) is 92.6 cm³/mol. The Morgan fingerprint density at radius 2 is 1.79 bits per heavy atom. The molecule has 1 atom stereocenters. The van der Waals surface area contributed by atoms with Gasteiger partial charge in [0.25, 0.3) is 0 Å². The Hall–Kier alpha value is -1.92. The lowest BCUT2D eigenvalue weighted by molar-refractivity contribution is 0.395. The lowest BCUT2D eigenvalue weighted by atomic mass is 10.1. The van der Waals surface area contributed by atoms with E-state index in [1.54, 1.807) is 35.9 Å². The Morgan fingerprint density at radius 1 is 1.17 bits per heavy atom. The summed E-state index contributed by atoms with van der Waals surface area (Å²) in [6, 6.07) is 7.21. The van der Waals surface area contributed by atoms with Crippen molar-refractivity contribution in [3.63, 3.8) is 0 Å². The summed E-state index contributed by atoms with van der Waals surface area (Å²) in [4.78, 5) is 4.42. The van der Waals surface area contributed by atoms with Crippen LogP contribution >= 0.6 is 0 Å². The van der Waals surface area contributed by atoms with Gasteiger partial charge in [0.15, 0.2) is 0 Å². The van der Waals surface area contributed by atoms with Gasteiger partial charge in [-0.15, -0.1) is 0 Å². The fourth-order valence-electron chi connectivity index (χ4n) is 3.50. The second kappa shape index (κ2) is 6.53. The smallest absolute Gasteiger partial charge is 0.244 e. The number of aryl methyl sites for hydroxylation is 2. The van der Waals surface area contributed by atoms with E-state index < -0.39 is 10.0 Å². The van der Waals surface area contributed by atoms with Crippen LogP contribution in [-0.4, -0.2) is 31.4 Å². The van der Waals surface area contributed by atoms with Crippen molar-refractivity contribution in [1.82, 2.24) is 9.29 Å². The van der Waals surface area contributed by atoms with Crippen LogP contribution < -0.4 is 4.74 Å². The van der Waals surface area contributed by atoms with E-state index in [0.29, 0.717) is 28.3 Å². The molecule has 128 valence electrons. The van der Waals surface area contributed by atoms with E-state index in [2.05, 4.69) is 4.98 Å². The molecule has 0 N–H and O–H groups in total. The maximum atomic E-state index is 13.3. The minimum atomic E-state index is -3.56. The number of ether oxygens (including phenoxy) is 1. The second-order valence-electron chi connectivity index (χ2n) is 6.14. The van der Waals surface area contributed by atoms with E-state index >= 15 is 0 Å². The zero-order valence-corrected chi connectivity index (χ0v) is 15.0. The van der Waals surface area contributed by atoms with Crippen molar-refractivity contribution in [2.24, 2.45) is 0 Å². The van der Waals surface area contributed by atoms with Gasteiger partial charge in [0, 0.05) is 18.9 Å². The van der Waals surface area contributed by atoms with Crippen LogP contribution in [-0.2, 0) is 10.0 Å². The zero-order chi connectivity index (χ0) is 17.3. The summed E-state index contributed by atoms with van der Waals surface area (Å²) in [5.74, 6) is 0.677. The first-order valence-electron chi connectivity index (χ1n) is 8.02. The maximum absolute atomic E-state index is 13.3. The van der Waals surface area contributed by atoms with Gasteiger partial charge in [0.1, 0.15) is 5.75 Å². The molecule has 1 fully saturated rings. The molecule has 5 nitrogen and oxygen atoms in total. The number of sulfonamides is 1. The molecule has 0 amide bonds. The third kappa shape index (κ3) is 2.91. The molecule has 6 heteroatoms. The van der Waals surface area contributed by atoms with E-state index in [4.69, 9.17) is 4.74 Å². The Morgan fingerprint density at radius 3 is 2.38 bits per heavy atom. The summed E-state index contributed by atoms with van der Waals surface area (Å²) >= 11 is 0. The second-order valence-corrected chi connectivity index (χ2v) is 7.97. The Bertz CT molecular complexity index is 812. The molecule has 24 heavy (non-hydrogen) atoms. The monoisotopic (exact) mass is 346 g/mol. The van der Waals surface area contributed by atoms with Crippen LogP contribution in [0.25, 0.3) is 0 Å². The van der Waals surface area contributed by atoms with Crippen LogP contribution in [0.5, 0.6) is 5.75 Å². The number of rotatable bonds is 4. The molecule has 1 saturated heterocycles. The lowest BCUT2D eigenvalue weighted by Gasteiger charge is -2.26. The summed E-state index contributed by atoms with van der Waals surface area (Å²) in [5, 5.41) is 0. The van der Waals surface area contributed by atoms with Gasteiger partial charge in [0.2, 0.25) is 10.0 Å². The van der Waals surface area contributed by atoms with Crippen molar-refractivity contribution < 1.29 is 13.2 Å². The molecule has 1 unspecified atom stereocenters. The molecule has 3 rings (SSSR count). The Kier molecular flexibility index (Phi) is 4.60. The summed E-state index contributed by atoms with van der Waals surface area (Å²) in [7, 11) is -1.98. The first-order chi connectivity index (χ1) is 11.4. The molecule has 0 saturated carbocycles. The topological polar surface area (TPSA) is 59.5 Å². The predicted octanol–water partition coefficient (Wildman–Crippen LogP) is 3.23. The van der Waals surface area contributed by atoms with Crippen LogP contribution in [0.3, 0.4) is 0 Å². The summed E-state index contributed by atoms with van der Waals surface area (Å²) in [5.41, 5.74) is 2.43. The number of methoxy groups -OCH3 is 1. The zero-order valence-electron chi connectivity index (χ0n) is 14.2. The fourth-order valence-corrected chi connectivity index (χ4v) is 5.60. The van der Waals surface area contributed by atoms with E-state index in [-0.39, 0.29) is 6.04 Å². The molecule has 1 aromatic heterocycles. The van der Waals surface area contributed by atoms with Crippen LogP contribution in [0.4, 0.5) is 0 Å². The van der Waals surface area contributed by atoms with Crippen molar-refractivity contribution in [3.05, 3.63) is 53.3 Å². The summed E-state index contributed by atoms with van der Waals surface area (Å²) < 4.78 is 33.5. The van der Waals surface area contributed by atoms with E-state index in [1.165, 1.54) is 0 Å². The molecule has 1 aromatic carbocycles. The van der Waals surface area contributed by atoms with Crippen LogP contribution in [0.2, 0.25) is 0 Å². The standard InChI is InChI=1S/C18H22N2O3S/c1-13-11-16(23-3)12-14(2)18(13)24(21,22)20-10-4-5-17(20)15-6-8-19-9-7-15/h6-9,11-12,17H,4-5,10H2,1-3H3. The number of benzene rings is 1. The highest BCUT2D eigenvalue weighted by Crippen LogP contribution is 2.38. The molecule has 1 aliphatic rings. The van der Waals surface area contributed by atoms with Crippen LogP contribution in [0.1, 0.15) is 35.6 Å². The Balaban J connectivity index is 2.05. The van der Waals surface area contributed by atoms with Crippen LogP contribution in [0, 0.1) is 13.8 Å². The third-order valence-corrected chi connectivity index (χ3v) is 6.75. The van der Waals surface area contributed by atoms with Crippen molar-refractivity contribution in [3.8, 4) is 5.75 Å². The highest BCUT2D eigenvalue weighted by molar-refractivity contribution is 7.89.